The number of benzene rings is 2. The molecule has 4 aromatic rings. The maximum atomic E-state index is 10.3. The van der Waals surface area contributed by atoms with Crippen LogP contribution in [0.25, 0.3) is 34.4 Å². The zero-order valence-electron chi connectivity index (χ0n) is 15.0. The highest BCUT2D eigenvalue weighted by molar-refractivity contribution is 6.21. The molecule has 0 atom stereocenters. The summed E-state index contributed by atoms with van der Waals surface area (Å²) in [5.41, 5.74) is 5.17. The van der Waals surface area contributed by atoms with E-state index in [1.807, 2.05) is 54.6 Å². The number of hydrogen-bond donors (Lipinski definition) is 1. The molecule has 6 heteroatoms. The van der Waals surface area contributed by atoms with Crippen LogP contribution in [0, 0.1) is 6.92 Å². The van der Waals surface area contributed by atoms with Crippen molar-refractivity contribution in [3.63, 3.8) is 0 Å². The largest absolute Gasteiger partial charge is 0.479 e. The number of aliphatic imine (C=N–C) groups is 1. The van der Waals surface area contributed by atoms with Gasteiger partial charge in [0.05, 0.1) is 5.69 Å². The average molecular weight is 369 g/mol. The minimum atomic E-state index is -0.264. The number of hydrogen-bond acceptors (Lipinski definition) is 6. The lowest BCUT2D eigenvalue weighted by Crippen LogP contribution is -1.85. The monoisotopic (exact) mass is 369 g/mol. The third-order valence-corrected chi connectivity index (χ3v) is 4.61. The summed E-state index contributed by atoms with van der Waals surface area (Å²) in [6, 6.07) is 17.4. The Bertz CT molecular complexity index is 1230. The fraction of sp³-hybridized carbons (Fsp3) is 0.0455. The summed E-state index contributed by atoms with van der Waals surface area (Å²) in [7, 11) is 0. The molecule has 0 fully saturated rings. The molecule has 0 saturated carbocycles. The number of rotatable bonds is 3. The van der Waals surface area contributed by atoms with Gasteiger partial charge in [-0.15, -0.1) is 0 Å². The fourth-order valence-electron chi connectivity index (χ4n) is 3.24. The van der Waals surface area contributed by atoms with Gasteiger partial charge >= 0.3 is 5.95 Å². The molecule has 0 amide bonds. The third-order valence-electron chi connectivity index (χ3n) is 4.61. The van der Waals surface area contributed by atoms with Crippen molar-refractivity contribution in [3.8, 4) is 28.7 Å². The smallest absolute Gasteiger partial charge is 0.310 e. The molecule has 2 aromatic carbocycles. The molecule has 1 N–H and O–H groups in total. The van der Waals surface area contributed by atoms with E-state index in [9.17, 15) is 5.11 Å². The van der Waals surface area contributed by atoms with Gasteiger partial charge in [0.1, 0.15) is 22.7 Å². The van der Waals surface area contributed by atoms with Crippen molar-refractivity contribution < 1.29 is 14.0 Å². The van der Waals surface area contributed by atoms with Crippen molar-refractivity contribution in [2.45, 2.75) is 6.92 Å². The zero-order valence-corrected chi connectivity index (χ0v) is 15.0. The van der Waals surface area contributed by atoms with Gasteiger partial charge in [-0.2, -0.15) is 0 Å². The maximum Gasteiger partial charge on any atom is 0.310 e. The normalized spacial score (nSPS) is 14.0. The third kappa shape index (κ3) is 2.63. The van der Waals surface area contributed by atoms with Crippen molar-refractivity contribution in [1.29, 1.82) is 0 Å². The zero-order chi connectivity index (χ0) is 19.1. The lowest BCUT2D eigenvalue weighted by molar-refractivity contribution is 0.336. The molecule has 136 valence electrons. The number of para-hydroxylation sites is 1. The van der Waals surface area contributed by atoms with Crippen LogP contribution in [-0.2, 0) is 0 Å². The predicted molar refractivity (Wildman–Crippen MR) is 106 cm³/mol. The van der Waals surface area contributed by atoms with Gasteiger partial charge in [0.25, 0.3) is 0 Å². The first-order valence-electron chi connectivity index (χ1n) is 8.78. The minimum absolute atomic E-state index is 0.255. The Morgan fingerprint density at radius 3 is 2.64 bits per heavy atom. The summed E-state index contributed by atoms with van der Waals surface area (Å²) >= 11 is 0. The topological polar surface area (TPSA) is 84.7 Å². The Morgan fingerprint density at radius 2 is 1.79 bits per heavy atom. The van der Waals surface area contributed by atoms with Crippen molar-refractivity contribution in [2.24, 2.45) is 4.99 Å². The molecule has 3 heterocycles. The van der Waals surface area contributed by atoms with Gasteiger partial charge < -0.3 is 14.0 Å². The van der Waals surface area contributed by atoms with E-state index in [-0.39, 0.29) is 11.8 Å². The Kier molecular flexibility index (Phi) is 3.69. The van der Waals surface area contributed by atoms with Crippen LogP contribution in [0.5, 0.6) is 5.95 Å². The molecule has 0 spiro atoms. The molecule has 28 heavy (non-hydrogen) atoms. The first kappa shape index (κ1) is 16.3. The Morgan fingerprint density at radius 1 is 1.00 bits per heavy atom. The van der Waals surface area contributed by atoms with Crippen molar-refractivity contribution in [1.82, 2.24) is 10.1 Å². The van der Waals surface area contributed by atoms with E-state index < -0.39 is 0 Å². The van der Waals surface area contributed by atoms with Crippen LogP contribution in [0.15, 0.2) is 68.5 Å². The highest BCUT2D eigenvalue weighted by Crippen LogP contribution is 2.38. The number of aromatic hydroxyl groups is 1. The summed E-state index contributed by atoms with van der Waals surface area (Å²) in [4.78, 5) is 8.85. The predicted octanol–water partition coefficient (Wildman–Crippen LogP) is 5.27. The molecular weight excluding hydrogens is 354 g/mol. The molecule has 0 unspecified atom stereocenters. The van der Waals surface area contributed by atoms with Crippen molar-refractivity contribution in [2.75, 3.05) is 0 Å². The van der Waals surface area contributed by atoms with Gasteiger partial charge in [0, 0.05) is 22.9 Å². The van der Waals surface area contributed by atoms with Crippen molar-refractivity contribution in [3.05, 3.63) is 71.6 Å². The summed E-state index contributed by atoms with van der Waals surface area (Å²) in [5.74, 6) is 0.553. The van der Waals surface area contributed by atoms with Crippen molar-refractivity contribution >= 4 is 23.6 Å². The van der Waals surface area contributed by atoms with E-state index in [0.717, 1.165) is 22.4 Å². The standard InChI is InChI=1S/C22H15N3O3/c1-13-19(20(25-28-13)14-7-3-2-4-8-14)21-24-18(22(26)27-21)11-15-12-23-17-10-6-5-9-16(15)17/h2-12,26H,1H3. The van der Waals surface area contributed by atoms with Gasteiger partial charge in [-0.1, -0.05) is 53.7 Å². The summed E-state index contributed by atoms with van der Waals surface area (Å²) in [6.07, 6.45) is 3.50. The Balaban J connectivity index is 1.59. The summed E-state index contributed by atoms with van der Waals surface area (Å²) < 4.78 is 10.9. The summed E-state index contributed by atoms with van der Waals surface area (Å²) in [5, 5.41) is 14.5. The van der Waals surface area contributed by atoms with Crippen LogP contribution >= 0.6 is 0 Å². The number of nitrogens with zero attached hydrogens (tertiary/aromatic N) is 3. The quantitative estimate of drug-likeness (QED) is 0.532. The van der Waals surface area contributed by atoms with Crippen LogP contribution in [-0.4, -0.2) is 21.5 Å². The molecule has 1 aliphatic heterocycles. The number of allylic oxidation sites excluding steroid dienone is 1. The van der Waals surface area contributed by atoms with Gasteiger partial charge in [0.15, 0.2) is 0 Å². The second-order valence-corrected chi connectivity index (χ2v) is 6.41. The molecule has 1 aliphatic rings. The molecule has 6 nitrogen and oxygen atoms in total. The van der Waals surface area contributed by atoms with Crippen LogP contribution in [0.4, 0.5) is 5.69 Å². The molecule has 0 saturated heterocycles. The highest BCUT2D eigenvalue weighted by atomic mass is 16.5. The van der Waals surface area contributed by atoms with Crippen LogP contribution in [0.1, 0.15) is 17.0 Å². The highest BCUT2D eigenvalue weighted by Gasteiger charge is 2.23. The van der Waals surface area contributed by atoms with Gasteiger partial charge in [-0.05, 0) is 19.1 Å². The Hall–Kier alpha value is -3.93. The van der Waals surface area contributed by atoms with Gasteiger partial charge in [0.2, 0.25) is 5.89 Å². The molecule has 5 rings (SSSR count). The lowest BCUT2D eigenvalue weighted by atomic mass is 10.1. The maximum absolute atomic E-state index is 10.3. The van der Waals surface area contributed by atoms with E-state index >= 15 is 0 Å². The number of aryl methyl sites for hydroxylation is 1. The second-order valence-electron chi connectivity index (χ2n) is 6.41. The molecule has 0 aliphatic carbocycles. The lowest BCUT2D eigenvalue weighted by Gasteiger charge is -1.98. The van der Waals surface area contributed by atoms with E-state index in [1.165, 1.54) is 0 Å². The van der Waals surface area contributed by atoms with Crippen LogP contribution in [0.2, 0.25) is 0 Å². The summed E-state index contributed by atoms with van der Waals surface area (Å²) in [6.45, 7) is 1.79. The van der Waals surface area contributed by atoms with Gasteiger partial charge in [-0.25, -0.2) is 4.98 Å². The van der Waals surface area contributed by atoms with E-state index in [4.69, 9.17) is 8.94 Å². The molecule has 0 bridgehead atoms. The SMILES string of the molecule is Cc1onc(-c2ccccc2)c1-c1nc(C=C2C=Nc3ccccc32)c(O)o1. The number of fused-ring (bicyclic) bond motifs is 1. The number of aromatic nitrogens is 2. The fourth-order valence-corrected chi connectivity index (χ4v) is 3.24. The molecule has 0 radical (unpaired) electrons. The van der Waals surface area contributed by atoms with E-state index in [2.05, 4.69) is 15.1 Å². The molecule has 2 aromatic heterocycles. The average Bonchev–Trinajstić information content (AvgIpc) is 3.41. The minimum Gasteiger partial charge on any atom is -0.479 e. The number of oxazole rings is 1. The first-order valence-corrected chi connectivity index (χ1v) is 8.78. The second kappa shape index (κ2) is 6.35. The molecular formula is C22H15N3O3. The van der Waals surface area contributed by atoms with Crippen LogP contribution in [0.3, 0.4) is 0 Å². The first-order chi connectivity index (χ1) is 13.7. The van der Waals surface area contributed by atoms with E-state index in [0.29, 0.717) is 22.7 Å². The Labute approximate surface area is 160 Å². The van der Waals surface area contributed by atoms with Crippen LogP contribution < -0.4 is 0 Å². The van der Waals surface area contributed by atoms with Gasteiger partial charge in [-0.3, -0.25) is 4.99 Å². The van der Waals surface area contributed by atoms with E-state index in [1.54, 1.807) is 19.2 Å².